The SMILES string of the molecule is CCCCCCCCCCOCC(O)CCl. The van der Waals surface area contributed by atoms with Crippen molar-refractivity contribution in [3.8, 4) is 0 Å². The van der Waals surface area contributed by atoms with Gasteiger partial charge in [0.15, 0.2) is 0 Å². The Morgan fingerprint density at radius 2 is 1.56 bits per heavy atom. The highest BCUT2D eigenvalue weighted by molar-refractivity contribution is 6.18. The Kier molecular flexibility index (Phi) is 13.4. The van der Waals surface area contributed by atoms with E-state index in [-0.39, 0.29) is 5.88 Å². The van der Waals surface area contributed by atoms with Gasteiger partial charge in [-0.3, -0.25) is 0 Å². The highest BCUT2D eigenvalue weighted by atomic mass is 35.5. The van der Waals surface area contributed by atoms with Gasteiger partial charge in [0.2, 0.25) is 0 Å². The molecule has 3 heteroatoms. The summed E-state index contributed by atoms with van der Waals surface area (Å²) >= 11 is 5.44. The molecule has 0 bridgehead atoms. The molecule has 16 heavy (non-hydrogen) atoms. The van der Waals surface area contributed by atoms with Crippen LogP contribution in [0, 0.1) is 0 Å². The molecule has 0 aliphatic heterocycles. The molecule has 0 aromatic carbocycles. The number of hydrogen-bond donors (Lipinski definition) is 1. The molecule has 0 aromatic heterocycles. The molecule has 1 N–H and O–H groups in total. The van der Waals surface area contributed by atoms with Gasteiger partial charge >= 0.3 is 0 Å². The number of halogens is 1. The number of alkyl halides is 1. The first-order valence-corrected chi connectivity index (χ1v) is 7.16. The fourth-order valence-corrected chi connectivity index (χ4v) is 1.69. The van der Waals surface area contributed by atoms with Crippen LogP contribution in [-0.4, -0.2) is 30.3 Å². The van der Waals surface area contributed by atoms with E-state index in [2.05, 4.69) is 6.92 Å². The normalized spacial score (nSPS) is 12.9. The lowest BCUT2D eigenvalue weighted by Gasteiger charge is -2.07. The zero-order valence-corrected chi connectivity index (χ0v) is 11.3. The van der Waals surface area contributed by atoms with E-state index in [4.69, 9.17) is 21.4 Å². The fourth-order valence-electron chi connectivity index (χ4n) is 1.60. The van der Waals surface area contributed by atoms with E-state index in [1.54, 1.807) is 0 Å². The molecule has 2 nitrogen and oxygen atoms in total. The minimum Gasteiger partial charge on any atom is -0.389 e. The van der Waals surface area contributed by atoms with Crippen molar-refractivity contribution < 1.29 is 9.84 Å². The molecular formula is C13H27ClO2. The zero-order chi connectivity index (χ0) is 12.1. The van der Waals surface area contributed by atoms with Crippen molar-refractivity contribution in [3.63, 3.8) is 0 Å². The van der Waals surface area contributed by atoms with E-state index in [1.165, 1.54) is 44.9 Å². The molecular weight excluding hydrogens is 224 g/mol. The van der Waals surface area contributed by atoms with Gasteiger partial charge in [0, 0.05) is 6.61 Å². The van der Waals surface area contributed by atoms with Gasteiger partial charge in [0.25, 0.3) is 0 Å². The van der Waals surface area contributed by atoms with Crippen molar-refractivity contribution in [2.75, 3.05) is 19.1 Å². The van der Waals surface area contributed by atoms with Gasteiger partial charge in [0.1, 0.15) is 0 Å². The average molecular weight is 251 g/mol. The molecule has 0 aromatic rings. The largest absolute Gasteiger partial charge is 0.389 e. The lowest BCUT2D eigenvalue weighted by molar-refractivity contribution is 0.0461. The van der Waals surface area contributed by atoms with Crippen molar-refractivity contribution in [2.45, 2.75) is 64.4 Å². The van der Waals surface area contributed by atoms with Crippen LogP contribution in [0.1, 0.15) is 58.3 Å². The standard InChI is InChI=1S/C13H27ClO2/c1-2-3-4-5-6-7-8-9-10-16-12-13(15)11-14/h13,15H,2-12H2,1H3. The first-order valence-electron chi connectivity index (χ1n) is 6.63. The highest BCUT2D eigenvalue weighted by Gasteiger charge is 2.00. The van der Waals surface area contributed by atoms with E-state index < -0.39 is 6.10 Å². The minimum atomic E-state index is -0.504. The summed E-state index contributed by atoms with van der Waals surface area (Å²) in [5.74, 6) is 0.261. The molecule has 0 radical (unpaired) electrons. The van der Waals surface area contributed by atoms with Gasteiger partial charge in [-0.1, -0.05) is 51.9 Å². The second kappa shape index (κ2) is 13.3. The molecule has 0 heterocycles. The van der Waals surface area contributed by atoms with Crippen LogP contribution < -0.4 is 0 Å². The quantitative estimate of drug-likeness (QED) is 0.422. The molecule has 1 unspecified atom stereocenters. The van der Waals surface area contributed by atoms with Gasteiger partial charge in [-0.05, 0) is 6.42 Å². The summed E-state index contributed by atoms with van der Waals surface area (Å²) in [6.45, 7) is 3.37. The minimum absolute atomic E-state index is 0.261. The van der Waals surface area contributed by atoms with E-state index in [0.717, 1.165) is 13.0 Å². The molecule has 0 fully saturated rings. The Hall–Kier alpha value is 0.210. The number of ether oxygens (including phenoxy) is 1. The number of rotatable bonds is 12. The highest BCUT2D eigenvalue weighted by Crippen LogP contribution is 2.08. The predicted molar refractivity (Wildman–Crippen MR) is 70.2 cm³/mol. The second-order valence-electron chi connectivity index (χ2n) is 4.36. The lowest BCUT2D eigenvalue weighted by atomic mass is 10.1. The van der Waals surface area contributed by atoms with Crippen molar-refractivity contribution >= 4 is 11.6 Å². The van der Waals surface area contributed by atoms with Crippen molar-refractivity contribution in [1.29, 1.82) is 0 Å². The van der Waals surface area contributed by atoms with E-state index in [1.807, 2.05) is 0 Å². The molecule has 0 rings (SSSR count). The topological polar surface area (TPSA) is 29.5 Å². The molecule has 1 atom stereocenters. The Labute approximate surface area is 105 Å². The molecule has 0 amide bonds. The summed E-state index contributed by atoms with van der Waals surface area (Å²) in [6, 6.07) is 0. The van der Waals surface area contributed by atoms with E-state index in [9.17, 15) is 0 Å². The van der Waals surface area contributed by atoms with E-state index >= 15 is 0 Å². The van der Waals surface area contributed by atoms with Gasteiger partial charge in [0.05, 0.1) is 18.6 Å². The molecule has 0 spiro atoms. The first-order chi connectivity index (χ1) is 7.81. The first kappa shape index (κ1) is 16.2. The summed E-state index contributed by atoms with van der Waals surface area (Å²) in [6.07, 6.45) is 9.95. The van der Waals surface area contributed by atoms with Crippen LogP contribution in [0.25, 0.3) is 0 Å². The molecule has 0 aliphatic carbocycles. The lowest BCUT2D eigenvalue weighted by Crippen LogP contribution is -2.17. The van der Waals surface area contributed by atoms with Crippen LogP contribution >= 0.6 is 11.6 Å². The van der Waals surface area contributed by atoms with Crippen LogP contribution in [0.3, 0.4) is 0 Å². The maximum absolute atomic E-state index is 9.12. The van der Waals surface area contributed by atoms with Crippen LogP contribution in [-0.2, 0) is 4.74 Å². The zero-order valence-electron chi connectivity index (χ0n) is 10.6. The Balaban J connectivity index is 2.93. The molecule has 98 valence electrons. The molecule has 0 saturated heterocycles. The maximum Gasteiger partial charge on any atom is 0.0908 e. The summed E-state index contributed by atoms with van der Waals surface area (Å²) in [5, 5.41) is 9.12. The third-order valence-electron chi connectivity index (χ3n) is 2.63. The van der Waals surface area contributed by atoms with Crippen molar-refractivity contribution in [1.82, 2.24) is 0 Å². The van der Waals surface area contributed by atoms with Crippen LogP contribution in [0.4, 0.5) is 0 Å². The number of aliphatic hydroxyl groups is 1. The third kappa shape index (κ3) is 12.3. The number of unbranched alkanes of at least 4 members (excludes halogenated alkanes) is 7. The average Bonchev–Trinajstić information content (AvgIpc) is 2.31. The monoisotopic (exact) mass is 250 g/mol. The Morgan fingerprint density at radius 3 is 2.12 bits per heavy atom. The Morgan fingerprint density at radius 1 is 1.00 bits per heavy atom. The fraction of sp³-hybridized carbons (Fsp3) is 1.00. The smallest absolute Gasteiger partial charge is 0.0908 e. The Bertz CT molecular complexity index is 131. The third-order valence-corrected chi connectivity index (χ3v) is 2.99. The number of hydrogen-bond acceptors (Lipinski definition) is 2. The van der Waals surface area contributed by atoms with Gasteiger partial charge in [-0.15, -0.1) is 11.6 Å². The van der Waals surface area contributed by atoms with E-state index in [0.29, 0.717) is 6.61 Å². The molecule has 0 saturated carbocycles. The van der Waals surface area contributed by atoms with Gasteiger partial charge < -0.3 is 9.84 Å². The predicted octanol–water partition coefficient (Wildman–Crippen LogP) is 3.74. The van der Waals surface area contributed by atoms with Gasteiger partial charge in [-0.25, -0.2) is 0 Å². The maximum atomic E-state index is 9.12. The summed E-state index contributed by atoms with van der Waals surface area (Å²) in [7, 11) is 0. The van der Waals surface area contributed by atoms with Gasteiger partial charge in [-0.2, -0.15) is 0 Å². The van der Waals surface area contributed by atoms with Crippen molar-refractivity contribution in [3.05, 3.63) is 0 Å². The van der Waals surface area contributed by atoms with Crippen LogP contribution in [0.2, 0.25) is 0 Å². The van der Waals surface area contributed by atoms with Crippen LogP contribution in [0.15, 0.2) is 0 Å². The summed E-state index contributed by atoms with van der Waals surface area (Å²) in [4.78, 5) is 0. The number of aliphatic hydroxyl groups excluding tert-OH is 1. The second-order valence-corrected chi connectivity index (χ2v) is 4.67. The summed E-state index contributed by atoms with van der Waals surface area (Å²) in [5.41, 5.74) is 0. The van der Waals surface area contributed by atoms with Crippen molar-refractivity contribution in [2.24, 2.45) is 0 Å². The van der Waals surface area contributed by atoms with Crippen LogP contribution in [0.5, 0.6) is 0 Å². The summed E-state index contributed by atoms with van der Waals surface area (Å²) < 4.78 is 5.30. The molecule has 0 aliphatic rings.